The van der Waals surface area contributed by atoms with Crippen molar-refractivity contribution in [1.29, 1.82) is 0 Å². The molecule has 1 aromatic carbocycles. The highest BCUT2D eigenvalue weighted by molar-refractivity contribution is 6.42. The second kappa shape index (κ2) is 6.87. The van der Waals surface area contributed by atoms with Gasteiger partial charge in [0.1, 0.15) is 0 Å². The van der Waals surface area contributed by atoms with Crippen LogP contribution in [-0.4, -0.2) is 11.7 Å². The minimum Gasteiger partial charge on any atom is -0.388 e. The van der Waals surface area contributed by atoms with E-state index < -0.39 is 6.10 Å². The first kappa shape index (κ1) is 17.1. The van der Waals surface area contributed by atoms with Crippen molar-refractivity contribution in [2.75, 3.05) is 6.54 Å². The van der Waals surface area contributed by atoms with Gasteiger partial charge >= 0.3 is 0 Å². The fraction of sp³-hybridized carbons (Fsp3) is 0.647. The molecule has 0 radical (unpaired) electrons. The Kier molecular flexibility index (Phi) is 5.59. The van der Waals surface area contributed by atoms with Crippen molar-refractivity contribution in [3.8, 4) is 0 Å². The lowest BCUT2D eigenvalue weighted by Gasteiger charge is -2.44. The van der Waals surface area contributed by atoms with Crippen molar-refractivity contribution in [1.82, 2.24) is 0 Å². The molecule has 3 N–H and O–H groups in total. The molecule has 0 aliphatic heterocycles. The van der Waals surface area contributed by atoms with E-state index >= 15 is 0 Å². The summed E-state index contributed by atoms with van der Waals surface area (Å²) in [6.07, 6.45) is 3.46. The van der Waals surface area contributed by atoms with Crippen LogP contribution in [0.15, 0.2) is 18.2 Å². The van der Waals surface area contributed by atoms with Crippen LogP contribution in [0.3, 0.4) is 0 Å². The number of aliphatic hydroxyl groups excluding tert-OH is 1. The molecule has 1 unspecified atom stereocenters. The normalized spacial score (nSPS) is 27.9. The molecule has 4 heteroatoms. The molecule has 1 fully saturated rings. The van der Waals surface area contributed by atoms with Gasteiger partial charge in [0.25, 0.3) is 0 Å². The molecule has 2 rings (SSSR count). The van der Waals surface area contributed by atoms with E-state index in [-0.39, 0.29) is 5.41 Å². The Bertz CT molecular complexity index is 482. The van der Waals surface area contributed by atoms with Crippen molar-refractivity contribution in [3.05, 3.63) is 33.8 Å². The van der Waals surface area contributed by atoms with E-state index in [2.05, 4.69) is 13.8 Å². The Morgan fingerprint density at radius 2 is 1.90 bits per heavy atom. The minimum atomic E-state index is -0.651. The summed E-state index contributed by atoms with van der Waals surface area (Å²) in [5.74, 6) is 1.42. The van der Waals surface area contributed by atoms with Gasteiger partial charge in [-0.1, -0.05) is 49.2 Å². The van der Waals surface area contributed by atoms with Crippen LogP contribution in [0, 0.1) is 17.3 Å². The molecule has 1 aromatic rings. The van der Waals surface area contributed by atoms with Crippen molar-refractivity contribution in [3.63, 3.8) is 0 Å². The highest BCUT2D eigenvalue weighted by atomic mass is 35.5. The molecule has 0 heterocycles. The first-order chi connectivity index (χ1) is 9.91. The smallest absolute Gasteiger partial charge is 0.0873 e. The summed E-state index contributed by atoms with van der Waals surface area (Å²) in [6, 6.07) is 5.42. The van der Waals surface area contributed by atoms with E-state index in [4.69, 9.17) is 28.9 Å². The number of nitrogens with two attached hydrogens (primary N) is 1. The van der Waals surface area contributed by atoms with E-state index in [9.17, 15) is 5.11 Å². The predicted octanol–water partition coefficient (Wildman–Crippen LogP) is 4.82. The van der Waals surface area contributed by atoms with Crippen LogP contribution in [0.5, 0.6) is 0 Å². The van der Waals surface area contributed by atoms with Gasteiger partial charge in [-0.15, -0.1) is 0 Å². The van der Waals surface area contributed by atoms with Gasteiger partial charge in [0, 0.05) is 17.5 Å². The summed E-state index contributed by atoms with van der Waals surface area (Å²) in [7, 11) is 0. The SMILES string of the molecule is CC(C)C1CCC(CN)(C(O)c2cccc(Cl)c2Cl)CC1. The van der Waals surface area contributed by atoms with E-state index in [0.717, 1.165) is 31.6 Å². The summed E-state index contributed by atoms with van der Waals surface area (Å²) in [5.41, 5.74) is 6.48. The van der Waals surface area contributed by atoms with E-state index in [1.165, 1.54) is 0 Å². The average Bonchev–Trinajstić information content (AvgIpc) is 2.49. The Morgan fingerprint density at radius 3 is 2.43 bits per heavy atom. The lowest BCUT2D eigenvalue weighted by molar-refractivity contribution is -0.0147. The number of benzene rings is 1. The van der Waals surface area contributed by atoms with Gasteiger partial charge in [-0.3, -0.25) is 0 Å². The summed E-state index contributed by atoms with van der Waals surface area (Å²) in [4.78, 5) is 0. The van der Waals surface area contributed by atoms with Crippen molar-refractivity contribution in [2.24, 2.45) is 23.0 Å². The van der Waals surface area contributed by atoms with E-state index in [1.54, 1.807) is 6.07 Å². The summed E-state index contributed by atoms with van der Waals surface area (Å²) < 4.78 is 0. The molecule has 21 heavy (non-hydrogen) atoms. The quantitative estimate of drug-likeness (QED) is 0.831. The third-order valence-electron chi connectivity index (χ3n) is 5.23. The summed E-state index contributed by atoms with van der Waals surface area (Å²) in [6.45, 7) is 5.01. The molecule has 1 aliphatic carbocycles. The number of rotatable bonds is 4. The lowest BCUT2D eigenvalue weighted by atomic mass is 9.64. The highest BCUT2D eigenvalue weighted by Crippen LogP contribution is 2.49. The molecule has 2 nitrogen and oxygen atoms in total. The standard InChI is InChI=1S/C17H25Cl2NO/c1-11(2)12-6-8-17(10-20,9-7-12)16(21)13-4-3-5-14(18)15(13)19/h3-5,11-12,16,21H,6-10,20H2,1-2H3. The molecule has 0 spiro atoms. The maximum absolute atomic E-state index is 10.9. The van der Waals surface area contributed by atoms with Crippen LogP contribution in [0.25, 0.3) is 0 Å². The zero-order valence-corrected chi connectivity index (χ0v) is 14.3. The summed E-state index contributed by atoms with van der Waals surface area (Å²) in [5, 5.41) is 11.8. The Morgan fingerprint density at radius 1 is 1.29 bits per heavy atom. The third-order valence-corrected chi connectivity index (χ3v) is 6.06. The molecule has 0 aromatic heterocycles. The maximum atomic E-state index is 10.9. The van der Waals surface area contributed by atoms with Crippen molar-refractivity contribution < 1.29 is 5.11 Å². The largest absolute Gasteiger partial charge is 0.388 e. The lowest BCUT2D eigenvalue weighted by Crippen LogP contribution is -2.41. The zero-order valence-electron chi connectivity index (χ0n) is 12.8. The fourth-order valence-corrected chi connectivity index (χ4v) is 3.94. The second-order valence-corrected chi connectivity index (χ2v) is 7.48. The Labute approximate surface area is 137 Å². The molecule has 118 valence electrons. The molecule has 1 atom stereocenters. The molecular weight excluding hydrogens is 305 g/mol. The van der Waals surface area contributed by atoms with Crippen LogP contribution in [-0.2, 0) is 0 Å². The van der Waals surface area contributed by atoms with E-state index in [0.29, 0.717) is 28.1 Å². The van der Waals surface area contributed by atoms with E-state index in [1.807, 2.05) is 12.1 Å². The van der Waals surface area contributed by atoms with Crippen molar-refractivity contribution in [2.45, 2.75) is 45.6 Å². The van der Waals surface area contributed by atoms with Crippen LogP contribution in [0.1, 0.15) is 51.2 Å². The molecule has 1 aliphatic rings. The number of hydrogen-bond donors (Lipinski definition) is 2. The topological polar surface area (TPSA) is 46.2 Å². The molecule has 0 saturated heterocycles. The Balaban J connectivity index is 2.23. The molecule has 1 saturated carbocycles. The predicted molar refractivity (Wildman–Crippen MR) is 89.7 cm³/mol. The van der Waals surface area contributed by atoms with Gasteiger partial charge in [-0.2, -0.15) is 0 Å². The van der Waals surface area contributed by atoms with Gasteiger partial charge < -0.3 is 10.8 Å². The van der Waals surface area contributed by atoms with Gasteiger partial charge in [-0.25, -0.2) is 0 Å². The first-order valence-electron chi connectivity index (χ1n) is 7.73. The number of aliphatic hydroxyl groups is 1. The van der Waals surface area contributed by atoms with Crippen molar-refractivity contribution >= 4 is 23.2 Å². The van der Waals surface area contributed by atoms with Crippen LogP contribution in [0.4, 0.5) is 0 Å². The van der Waals surface area contributed by atoms with Gasteiger partial charge in [0.15, 0.2) is 0 Å². The molecule has 0 bridgehead atoms. The monoisotopic (exact) mass is 329 g/mol. The highest BCUT2D eigenvalue weighted by Gasteiger charge is 2.42. The second-order valence-electron chi connectivity index (χ2n) is 6.69. The van der Waals surface area contributed by atoms with Gasteiger partial charge in [0.05, 0.1) is 16.1 Å². The maximum Gasteiger partial charge on any atom is 0.0873 e. The van der Waals surface area contributed by atoms with Gasteiger partial charge in [-0.05, 0) is 43.6 Å². The van der Waals surface area contributed by atoms with Crippen LogP contribution in [0.2, 0.25) is 10.0 Å². The summed E-state index contributed by atoms with van der Waals surface area (Å²) >= 11 is 12.3. The average molecular weight is 330 g/mol. The fourth-order valence-electron chi connectivity index (χ4n) is 3.53. The Hall–Kier alpha value is -0.280. The zero-order chi connectivity index (χ0) is 15.6. The number of hydrogen-bond acceptors (Lipinski definition) is 2. The third kappa shape index (κ3) is 3.39. The van der Waals surface area contributed by atoms with Crippen LogP contribution < -0.4 is 5.73 Å². The molecular formula is C17H25Cl2NO. The van der Waals surface area contributed by atoms with Gasteiger partial charge in [0.2, 0.25) is 0 Å². The molecule has 0 amide bonds. The number of halogens is 2. The first-order valence-corrected chi connectivity index (χ1v) is 8.49. The minimum absolute atomic E-state index is 0.278. The van der Waals surface area contributed by atoms with Crippen LogP contribution >= 0.6 is 23.2 Å².